The van der Waals surface area contributed by atoms with Crippen molar-refractivity contribution in [3.05, 3.63) is 35.0 Å². The van der Waals surface area contributed by atoms with E-state index in [1.807, 2.05) is 23.1 Å². The van der Waals surface area contributed by atoms with Crippen LogP contribution in [0, 0.1) is 0 Å². The second-order valence-corrected chi connectivity index (χ2v) is 13.6. The zero-order chi connectivity index (χ0) is 31.9. The number of H-pyrrole nitrogens is 1. The lowest BCUT2D eigenvalue weighted by molar-refractivity contribution is -0.145. The Morgan fingerprint density at radius 3 is 2.67 bits per heavy atom. The van der Waals surface area contributed by atoms with Crippen molar-refractivity contribution in [1.82, 2.24) is 30.3 Å². The summed E-state index contributed by atoms with van der Waals surface area (Å²) in [6.07, 6.45) is 9.37. The van der Waals surface area contributed by atoms with Gasteiger partial charge in [0.25, 0.3) is 6.02 Å². The molecule has 2 aromatic rings. The van der Waals surface area contributed by atoms with Gasteiger partial charge in [0.1, 0.15) is 12.1 Å². The van der Waals surface area contributed by atoms with Crippen LogP contribution in [0.5, 0.6) is 0 Å². The number of likely N-dealkylation sites (tertiary alicyclic amines) is 1. The van der Waals surface area contributed by atoms with Crippen LogP contribution >= 0.6 is 11.6 Å². The van der Waals surface area contributed by atoms with Gasteiger partial charge in [-0.3, -0.25) is 9.59 Å². The molecule has 3 N–H and O–H groups in total. The van der Waals surface area contributed by atoms with Crippen molar-refractivity contribution in [1.29, 1.82) is 0 Å². The maximum absolute atomic E-state index is 14.2. The van der Waals surface area contributed by atoms with Gasteiger partial charge < -0.3 is 35.1 Å². The number of aliphatic imine (C=N–C) groups is 1. The monoisotopic (exact) mass is 641 g/mol. The summed E-state index contributed by atoms with van der Waals surface area (Å²) >= 11 is 6.34. The number of piperazine rings is 1. The zero-order valence-corrected chi connectivity index (χ0v) is 28.2. The Morgan fingerprint density at radius 2 is 1.93 bits per heavy atom. The molecule has 1 aromatic carbocycles. The molecule has 45 heavy (non-hydrogen) atoms. The van der Waals surface area contributed by atoms with Crippen molar-refractivity contribution in [3.63, 3.8) is 0 Å². The van der Waals surface area contributed by atoms with Gasteiger partial charge >= 0.3 is 0 Å². The number of amides is 2. The highest BCUT2D eigenvalue weighted by Gasteiger charge is 2.41. The molecule has 0 unspecified atom stereocenters. The van der Waals surface area contributed by atoms with Gasteiger partial charge in [-0.2, -0.15) is 0 Å². The fraction of sp³-hybridized carbons (Fsp3) is 0.676. The van der Waals surface area contributed by atoms with Crippen molar-refractivity contribution < 1.29 is 14.3 Å². The average molecular weight is 642 g/mol. The highest BCUT2D eigenvalue weighted by molar-refractivity contribution is 6.35. The summed E-state index contributed by atoms with van der Waals surface area (Å²) in [6.45, 7) is 13.4. The van der Waals surface area contributed by atoms with Crippen molar-refractivity contribution in [3.8, 4) is 0 Å². The van der Waals surface area contributed by atoms with Crippen LogP contribution in [0.4, 0.5) is 0 Å². The number of ether oxygens (including phenoxy) is 1. The molecule has 4 atom stereocenters. The van der Waals surface area contributed by atoms with E-state index in [0.29, 0.717) is 37.2 Å². The molecule has 3 aliphatic heterocycles. The van der Waals surface area contributed by atoms with E-state index < -0.39 is 6.04 Å². The Labute approximate surface area is 273 Å². The molecule has 0 saturated carbocycles. The highest BCUT2D eigenvalue weighted by Crippen LogP contribution is 2.25. The third kappa shape index (κ3) is 8.51. The molecule has 2 amide bonds. The van der Waals surface area contributed by atoms with Crippen LogP contribution < -0.4 is 10.6 Å². The summed E-state index contributed by atoms with van der Waals surface area (Å²) in [5, 5.41) is 8.21. The van der Waals surface area contributed by atoms with Crippen molar-refractivity contribution in [2.24, 2.45) is 4.99 Å². The first kappa shape index (κ1) is 33.5. The van der Waals surface area contributed by atoms with E-state index in [2.05, 4.69) is 48.2 Å². The number of fused-ring (bicyclic) bond motifs is 1. The van der Waals surface area contributed by atoms with Crippen molar-refractivity contribution >= 4 is 40.3 Å². The first-order chi connectivity index (χ1) is 21.7. The number of aromatic nitrogens is 1. The number of benzene rings is 1. The molecule has 5 rings (SSSR count). The lowest BCUT2D eigenvalue weighted by Crippen LogP contribution is -2.64. The van der Waals surface area contributed by atoms with E-state index in [4.69, 9.17) is 21.3 Å². The number of carbonyl (C=O) groups is 2. The van der Waals surface area contributed by atoms with Gasteiger partial charge in [0, 0.05) is 42.8 Å². The second kappa shape index (κ2) is 15.6. The van der Waals surface area contributed by atoms with Gasteiger partial charge in [0.05, 0.1) is 23.7 Å². The largest absolute Gasteiger partial charge is 0.460 e. The Morgan fingerprint density at radius 1 is 1.13 bits per heavy atom. The van der Waals surface area contributed by atoms with Gasteiger partial charge in [-0.15, -0.1) is 0 Å². The van der Waals surface area contributed by atoms with E-state index in [1.54, 1.807) is 11.1 Å². The van der Waals surface area contributed by atoms with Crippen LogP contribution in [0.2, 0.25) is 5.02 Å². The minimum Gasteiger partial charge on any atom is -0.460 e. The molecule has 248 valence electrons. The number of hydrogen-bond acceptors (Lipinski definition) is 7. The first-order valence-corrected chi connectivity index (χ1v) is 17.4. The number of amidine groups is 1. The van der Waals surface area contributed by atoms with Gasteiger partial charge in [-0.05, 0) is 76.4 Å². The van der Waals surface area contributed by atoms with E-state index in [9.17, 15) is 9.59 Å². The molecule has 2 saturated heterocycles. The quantitative estimate of drug-likeness (QED) is 0.294. The number of nitrogens with zero attached hydrogens (tertiary/aromatic N) is 4. The molecular formula is C34H52ClN7O3. The molecule has 0 radical (unpaired) electrons. The predicted molar refractivity (Wildman–Crippen MR) is 180 cm³/mol. The molecule has 0 bridgehead atoms. The van der Waals surface area contributed by atoms with E-state index >= 15 is 0 Å². The maximum atomic E-state index is 14.2. The molecule has 1 aromatic heterocycles. The number of carbonyl (C=O) groups excluding carboxylic acids is 2. The minimum atomic E-state index is -0.669. The lowest BCUT2D eigenvalue weighted by atomic mass is 10.0. The van der Waals surface area contributed by atoms with Crippen LogP contribution in [0.25, 0.3) is 10.9 Å². The van der Waals surface area contributed by atoms with E-state index in [-0.39, 0.29) is 36.0 Å². The number of aromatic amines is 1. The Bertz CT molecular complexity index is 1320. The number of piperidine rings is 1. The zero-order valence-electron chi connectivity index (χ0n) is 27.5. The fourth-order valence-corrected chi connectivity index (χ4v) is 7.06. The van der Waals surface area contributed by atoms with E-state index in [1.165, 1.54) is 32.4 Å². The standard InChI is InChI=1S/C34H52ClN7O3/c1-5-31-24(4)39-34(45-31)41-17-18-42(33(44)29(38-23(2)3)11-7-10-16-40-14-8-6-9-15-40)30(22-41)32(43)37-20-25-12-13-28-26(19-25)27(35)21-36-28/h12-13,19,21,23-24,29-31,36,38H,5-11,14-18,20,22H2,1-4H3,(H,37,43)/t24-,29+,30-,31-/m0/s1. The first-order valence-electron chi connectivity index (χ1n) is 17.0. The Kier molecular flexibility index (Phi) is 11.7. The smallest absolute Gasteiger partial charge is 0.288 e. The van der Waals surface area contributed by atoms with Crippen LogP contribution in [-0.4, -0.2) is 107 Å². The third-order valence-electron chi connectivity index (χ3n) is 9.41. The fourth-order valence-electron chi connectivity index (χ4n) is 6.85. The molecular weight excluding hydrogens is 590 g/mol. The van der Waals surface area contributed by atoms with Gasteiger partial charge in [-0.1, -0.05) is 51.3 Å². The summed E-state index contributed by atoms with van der Waals surface area (Å²) < 4.78 is 6.18. The number of nitrogens with one attached hydrogen (secondary N) is 3. The average Bonchev–Trinajstić information content (AvgIpc) is 3.62. The summed E-state index contributed by atoms with van der Waals surface area (Å²) in [7, 11) is 0. The molecule has 10 nitrogen and oxygen atoms in total. The number of rotatable bonds is 12. The molecule has 0 spiro atoms. The van der Waals surface area contributed by atoms with Crippen LogP contribution in [-0.2, 0) is 20.9 Å². The number of unbranched alkanes of at least 4 members (excludes halogenated alkanes) is 1. The number of halogens is 1. The molecule has 2 fully saturated rings. The Hall–Kier alpha value is -2.82. The van der Waals surface area contributed by atoms with Gasteiger partial charge in [-0.25, -0.2) is 4.99 Å². The van der Waals surface area contributed by atoms with Crippen LogP contribution in [0.1, 0.15) is 78.2 Å². The van der Waals surface area contributed by atoms with Crippen LogP contribution in [0.3, 0.4) is 0 Å². The van der Waals surface area contributed by atoms with Crippen LogP contribution in [0.15, 0.2) is 29.4 Å². The molecule has 11 heteroatoms. The van der Waals surface area contributed by atoms with Gasteiger partial charge in [0.2, 0.25) is 11.8 Å². The predicted octanol–water partition coefficient (Wildman–Crippen LogP) is 4.53. The molecule has 4 heterocycles. The highest BCUT2D eigenvalue weighted by atomic mass is 35.5. The maximum Gasteiger partial charge on any atom is 0.288 e. The lowest BCUT2D eigenvalue weighted by Gasteiger charge is -2.42. The van der Waals surface area contributed by atoms with Crippen molar-refractivity contribution in [2.75, 3.05) is 39.3 Å². The number of hydrogen-bond donors (Lipinski definition) is 3. The summed E-state index contributed by atoms with van der Waals surface area (Å²) in [5.74, 6) is -0.184. The summed E-state index contributed by atoms with van der Waals surface area (Å²) in [5.41, 5.74) is 1.89. The normalized spacial score (nSPS) is 23.3. The van der Waals surface area contributed by atoms with E-state index in [0.717, 1.165) is 48.7 Å². The van der Waals surface area contributed by atoms with Gasteiger partial charge in [0.15, 0.2) is 0 Å². The second-order valence-electron chi connectivity index (χ2n) is 13.2. The third-order valence-corrected chi connectivity index (χ3v) is 9.72. The summed E-state index contributed by atoms with van der Waals surface area (Å²) in [4.78, 5) is 42.4. The van der Waals surface area contributed by atoms with Crippen molar-refractivity contribution in [2.45, 2.75) is 109 Å². The SMILES string of the molecule is CC[C@@H]1OC(N2CCN(C(=O)[C@@H](CCCCN3CCCCC3)NC(C)C)[C@H](C(=O)NCc3ccc4[nH]cc(Cl)c4c3)C2)=N[C@H]1C. The minimum absolute atomic E-state index is 0.00363. The summed E-state index contributed by atoms with van der Waals surface area (Å²) in [6, 6.07) is 5.73. The molecule has 0 aliphatic carbocycles. The molecule has 3 aliphatic rings. The topological polar surface area (TPSA) is 105 Å². The Balaban J connectivity index is 1.28.